The van der Waals surface area contributed by atoms with E-state index in [-0.39, 0.29) is 0 Å². The van der Waals surface area contributed by atoms with Gasteiger partial charge in [0.15, 0.2) is 0 Å². The van der Waals surface area contributed by atoms with Gasteiger partial charge in [-0.1, -0.05) is 0 Å². The van der Waals surface area contributed by atoms with Crippen LogP contribution in [0.15, 0.2) is 0 Å². The van der Waals surface area contributed by atoms with Crippen molar-refractivity contribution in [3.8, 4) is 0 Å². The minimum absolute atomic E-state index is 0.414. The van der Waals surface area contributed by atoms with Crippen LogP contribution in [0.2, 0.25) is 0 Å². The van der Waals surface area contributed by atoms with Gasteiger partial charge in [-0.25, -0.2) is 4.79 Å². The zero-order valence-corrected chi connectivity index (χ0v) is 5.04. The van der Waals surface area contributed by atoms with Crippen LogP contribution in [0.3, 0.4) is 0 Å². The monoisotopic (exact) mass is 150 g/mol. The number of hydrogen-bond donors (Lipinski definition) is 2. The second-order valence-corrected chi connectivity index (χ2v) is 1.67. The molecule has 0 radical (unpaired) electrons. The Bertz CT molecular complexity index is 149. The van der Waals surface area contributed by atoms with E-state index in [1.165, 1.54) is 0 Å². The van der Waals surface area contributed by atoms with E-state index in [2.05, 4.69) is 10.7 Å². The minimum atomic E-state index is -1.30. The lowest BCUT2D eigenvalue weighted by atomic mass is 10.2. The van der Waals surface area contributed by atoms with Crippen LogP contribution >= 0.6 is 0 Å². The molecule has 0 saturated heterocycles. The second-order valence-electron chi connectivity index (χ2n) is 1.67. The van der Waals surface area contributed by atoms with E-state index < -0.39 is 24.3 Å². The average molecular weight is 150 g/mol. The predicted octanol–water partition coefficient (Wildman–Crippen LogP) is -1.38. The van der Waals surface area contributed by atoms with E-state index in [9.17, 15) is 14.1 Å². The highest BCUT2D eigenvalue weighted by Crippen LogP contribution is 1.90. The number of hydrogen-bond acceptors (Lipinski definition) is 4. The summed E-state index contributed by atoms with van der Waals surface area (Å²) in [6.07, 6.45) is -0.414. The van der Waals surface area contributed by atoms with Gasteiger partial charge in [0, 0.05) is 4.53 Å². The summed E-state index contributed by atoms with van der Waals surface area (Å²) in [6.45, 7) is 0. The summed E-state index contributed by atoms with van der Waals surface area (Å²) in [5.41, 5.74) is 9.55. The van der Waals surface area contributed by atoms with Crippen LogP contribution in [0, 0.1) is 0 Å². The number of carbonyl (C=O) groups is 2. The number of carbonyl (C=O) groups excluding carboxylic acids is 2. The normalized spacial score (nSPS) is 12.2. The van der Waals surface area contributed by atoms with Crippen molar-refractivity contribution in [2.24, 2.45) is 11.5 Å². The molecule has 6 heteroatoms. The average Bonchev–Trinajstić information content (AvgIpc) is 1.85. The second kappa shape index (κ2) is 3.78. The molecule has 1 atom stereocenters. The third kappa shape index (κ3) is 2.98. The zero-order chi connectivity index (χ0) is 8.15. The lowest BCUT2D eigenvalue weighted by molar-refractivity contribution is -0.185. The summed E-state index contributed by atoms with van der Waals surface area (Å²) < 4.78 is 11.0. The molecule has 5 nitrogen and oxygen atoms in total. The van der Waals surface area contributed by atoms with Crippen LogP contribution in [0.1, 0.15) is 6.42 Å². The van der Waals surface area contributed by atoms with Gasteiger partial charge in [-0.05, 0) is 0 Å². The van der Waals surface area contributed by atoms with Crippen molar-refractivity contribution in [1.82, 2.24) is 0 Å². The molecule has 0 bridgehead atoms. The van der Waals surface area contributed by atoms with Gasteiger partial charge >= 0.3 is 5.97 Å². The van der Waals surface area contributed by atoms with E-state index >= 15 is 0 Å². The van der Waals surface area contributed by atoms with Gasteiger partial charge < -0.3 is 11.5 Å². The molecule has 58 valence electrons. The fraction of sp³-hybridized carbons (Fsp3) is 0.500. The Hall–Kier alpha value is -1.17. The first-order valence-corrected chi connectivity index (χ1v) is 2.44. The molecule has 0 aliphatic heterocycles. The molecule has 4 N–H and O–H groups in total. The van der Waals surface area contributed by atoms with Crippen LogP contribution in [0.25, 0.3) is 0 Å². The molecule has 1 unspecified atom stereocenters. The summed E-state index contributed by atoms with van der Waals surface area (Å²) in [5, 5.41) is 0. The summed E-state index contributed by atoms with van der Waals surface area (Å²) in [4.78, 5) is 22.9. The van der Waals surface area contributed by atoms with Crippen molar-refractivity contribution < 1.29 is 19.1 Å². The number of nitrogens with two attached hydrogens (primary N) is 2. The Morgan fingerprint density at radius 1 is 1.60 bits per heavy atom. The Labute approximate surface area is 56.0 Å². The summed E-state index contributed by atoms with van der Waals surface area (Å²) in [7, 11) is 0. The third-order valence-electron chi connectivity index (χ3n) is 0.800. The maximum absolute atomic E-state index is 11.0. The molecule has 0 heterocycles. The highest BCUT2D eigenvalue weighted by molar-refractivity contribution is 5.83. The number of primary amides is 1. The highest BCUT2D eigenvalue weighted by atomic mass is 19.3. The molecule has 0 aromatic heterocycles. The largest absolute Gasteiger partial charge is 0.370 e. The number of amides is 1. The molecule has 0 aromatic carbocycles. The first kappa shape index (κ1) is 8.83. The maximum atomic E-state index is 11.0. The van der Waals surface area contributed by atoms with Crippen molar-refractivity contribution >= 4 is 11.9 Å². The van der Waals surface area contributed by atoms with Gasteiger partial charge in [-0.2, -0.15) is 0 Å². The quantitative estimate of drug-likeness (QED) is 0.518. The molecular formula is C4H7FN2O3. The maximum Gasteiger partial charge on any atom is 0.365 e. The summed E-state index contributed by atoms with van der Waals surface area (Å²) >= 11 is 0. The van der Waals surface area contributed by atoms with Gasteiger partial charge in [0.1, 0.15) is 6.04 Å². The van der Waals surface area contributed by atoms with E-state index in [1.54, 1.807) is 0 Å². The Morgan fingerprint density at radius 3 is 2.40 bits per heavy atom. The first-order valence-electron chi connectivity index (χ1n) is 2.44. The molecule has 0 fully saturated rings. The molecule has 0 aliphatic rings. The fourth-order valence-electron chi connectivity index (χ4n) is 0.357. The van der Waals surface area contributed by atoms with Crippen LogP contribution in [-0.2, 0) is 14.5 Å². The van der Waals surface area contributed by atoms with Gasteiger partial charge in [0.2, 0.25) is 5.91 Å². The van der Waals surface area contributed by atoms with E-state index in [4.69, 9.17) is 5.73 Å². The molecular weight excluding hydrogens is 143 g/mol. The van der Waals surface area contributed by atoms with Crippen molar-refractivity contribution in [3.63, 3.8) is 0 Å². The minimum Gasteiger partial charge on any atom is -0.370 e. The highest BCUT2D eigenvalue weighted by Gasteiger charge is 2.17. The standard InChI is InChI=1S/C4H7FN2O3/c5-10-4(9)2(6)1-3(7)8/h2H,1,6H2,(H2,7,8). The van der Waals surface area contributed by atoms with Gasteiger partial charge in [-0.3, -0.25) is 9.74 Å². The van der Waals surface area contributed by atoms with Gasteiger partial charge in [-0.15, -0.1) is 0 Å². The van der Waals surface area contributed by atoms with Crippen LogP contribution < -0.4 is 11.5 Å². The fourth-order valence-corrected chi connectivity index (χ4v) is 0.357. The van der Waals surface area contributed by atoms with Crippen LogP contribution in [-0.4, -0.2) is 17.9 Å². The topological polar surface area (TPSA) is 95.4 Å². The Morgan fingerprint density at radius 2 is 2.10 bits per heavy atom. The molecule has 0 aliphatic carbocycles. The van der Waals surface area contributed by atoms with Gasteiger partial charge in [0.25, 0.3) is 0 Å². The predicted molar refractivity (Wildman–Crippen MR) is 29.0 cm³/mol. The van der Waals surface area contributed by atoms with Crippen molar-refractivity contribution in [1.29, 1.82) is 0 Å². The lowest BCUT2D eigenvalue weighted by Gasteiger charge is -2.01. The zero-order valence-electron chi connectivity index (χ0n) is 5.04. The third-order valence-corrected chi connectivity index (χ3v) is 0.800. The van der Waals surface area contributed by atoms with Crippen LogP contribution in [0.4, 0.5) is 4.53 Å². The smallest absolute Gasteiger partial charge is 0.365 e. The SMILES string of the molecule is NC(=O)CC(N)C(=O)OF. The van der Waals surface area contributed by atoms with E-state index in [1.807, 2.05) is 0 Å². The van der Waals surface area contributed by atoms with Crippen LogP contribution in [0.5, 0.6) is 0 Å². The molecule has 0 spiro atoms. The molecule has 0 rings (SSSR count). The van der Waals surface area contributed by atoms with E-state index in [0.29, 0.717) is 0 Å². The Kier molecular flexibility index (Phi) is 3.34. The molecule has 0 aromatic rings. The van der Waals surface area contributed by atoms with Crippen molar-refractivity contribution in [2.75, 3.05) is 0 Å². The number of rotatable bonds is 3. The lowest BCUT2D eigenvalue weighted by Crippen LogP contribution is -2.35. The Balaban J connectivity index is 3.72. The van der Waals surface area contributed by atoms with Crippen molar-refractivity contribution in [2.45, 2.75) is 12.5 Å². The van der Waals surface area contributed by atoms with E-state index in [0.717, 1.165) is 0 Å². The van der Waals surface area contributed by atoms with Gasteiger partial charge in [0.05, 0.1) is 6.42 Å². The molecule has 0 saturated carbocycles. The molecule has 1 amide bonds. The molecule has 10 heavy (non-hydrogen) atoms. The summed E-state index contributed by atoms with van der Waals surface area (Å²) in [6, 6.07) is -1.30. The van der Waals surface area contributed by atoms with Crippen molar-refractivity contribution in [3.05, 3.63) is 0 Å². The summed E-state index contributed by atoms with van der Waals surface area (Å²) in [5.74, 6) is -2.07. The first-order chi connectivity index (χ1) is 4.57. The number of halogens is 1.